The van der Waals surface area contributed by atoms with E-state index in [-0.39, 0.29) is 33.0 Å². The predicted octanol–water partition coefficient (Wildman–Crippen LogP) is 2.54. The number of halogens is 2. The van der Waals surface area contributed by atoms with Crippen LogP contribution < -0.4 is 14.8 Å². The summed E-state index contributed by atoms with van der Waals surface area (Å²) in [5.41, 5.74) is 0.143. The van der Waals surface area contributed by atoms with E-state index in [1.54, 1.807) is 0 Å². The molecule has 28 heavy (non-hydrogen) atoms. The van der Waals surface area contributed by atoms with Crippen LogP contribution in [0.25, 0.3) is 0 Å². The van der Waals surface area contributed by atoms with Crippen molar-refractivity contribution in [1.82, 2.24) is 4.72 Å². The number of rotatable bonds is 6. The Morgan fingerprint density at radius 2 is 1.96 bits per heavy atom. The van der Waals surface area contributed by atoms with E-state index in [1.807, 2.05) is 0 Å². The molecule has 2 aromatic carbocycles. The summed E-state index contributed by atoms with van der Waals surface area (Å²) in [6.45, 7) is 0. The van der Waals surface area contributed by atoms with Crippen LogP contribution in [-0.4, -0.2) is 38.7 Å². The lowest BCUT2D eigenvalue weighted by Crippen LogP contribution is -2.46. The van der Waals surface area contributed by atoms with Gasteiger partial charge in [-0.3, -0.25) is 4.79 Å². The molecule has 1 amide bonds. The van der Waals surface area contributed by atoms with E-state index in [0.29, 0.717) is 12.8 Å². The molecule has 0 aliphatic heterocycles. The van der Waals surface area contributed by atoms with Gasteiger partial charge in [0, 0.05) is 6.04 Å². The average Bonchev–Trinajstić information content (AvgIpc) is 2.62. The van der Waals surface area contributed by atoms with Crippen molar-refractivity contribution in [3.8, 4) is 5.75 Å². The largest absolute Gasteiger partial charge is 0.496 e. The lowest BCUT2D eigenvalue weighted by atomic mass is 9.91. The summed E-state index contributed by atoms with van der Waals surface area (Å²) < 4.78 is 45.9. The van der Waals surface area contributed by atoms with E-state index in [2.05, 4.69) is 10.0 Å². The minimum absolute atomic E-state index is 0.00120. The van der Waals surface area contributed by atoms with E-state index >= 15 is 0 Å². The third-order valence-corrected chi connectivity index (χ3v) is 6.17. The highest BCUT2D eigenvalue weighted by Crippen LogP contribution is 2.28. The molecule has 1 fully saturated rings. The number of methoxy groups -OCH3 is 1. The molecular formula is C18H18ClFN2O5S. The quantitative estimate of drug-likeness (QED) is 0.655. The number of hydrogen-bond donors (Lipinski definition) is 3. The normalized spacial score (nSPS) is 19.0. The summed E-state index contributed by atoms with van der Waals surface area (Å²) >= 11 is 5.92. The summed E-state index contributed by atoms with van der Waals surface area (Å²) in [4.78, 5) is 12.5. The van der Waals surface area contributed by atoms with Crippen molar-refractivity contribution in [2.24, 2.45) is 0 Å². The van der Waals surface area contributed by atoms with E-state index in [0.717, 1.165) is 12.1 Å². The minimum Gasteiger partial charge on any atom is -0.496 e. The molecule has 0 heterocycles. The Labute approximate surface area is 166 Å². The Bertz CT molecular complexity index is 1010. The lowest BCUT2D eigenvalue weighted by Gasteiger charge is -2.31. The lowest BCUT2D eigenvalue weighted by molar-refractivity contribution is 0.0712. The highest BCUT2D eigenvalue weighted by atomic mass is 35.5. The molecule has 0 bridgehead atoms. The number of sulfonamides is 1. The van der Waals surface area contributed by atoms with Crippen LogP contribution in [0.15, 0.2) is 41.3 Å². The number of carbonyl (C=O) groups is 1. The molecule has 0 unspecified atom stereocenters. The molecule has 150 valence electrons. The molecule has 0 radical (unpaired) electrons. The first-order chi connectivity index (χ1) is 13.2. The molecule has 0 atom stereocenters. The van der Waals surface area contributed by atoms with Gasteiger partial charge >= 0.3 is 0 Å². The SMILES string of the molecule is COc1ccc(S(=O)(=O)N[C@H]2C[C@H](O)C2)cc1C(=O)Nc1ccc(F)cc1Cl. The second kappa shape index (κ2) is 8.04. The Hall–Kier alpha value is -2.20. The van der Waals surface area contributed by atoms with Gasteiger partial charge in [-0.05, 0) is 49.2 Å². The first-order valence-corrected chi connectivity index (χ1v) is 10.2. The third-order valence-electron chi connectivity index (χ3n) is 4.34. The Kier molecular flexibility index (Phi) is 5.90. The van der Waals surface area contributed by atoms with Gasteiger partial charge in [-0.1, -0.05) is 11.6 Å². The van der Waals surface area contributed by atoms with Gasteiger partial charge in [0.25, 0.3) is 5.91 Å². The van der Waals surface area contributed by atoms with Crippen LogP contribution in [0.1, 0.15) is 23.2 Å². The highest BCUT2D eigenvalue weighted by molar-refractivity contribution is 7.89. The Balaban J connectivity index is 1.87. The Morgan fingerprint density at radius 1 is 1.25 bits per heavy atom. The molecule has 3 N–H and O–H groups in total. The molecule has 0 aromatic heterocycles. The predicted molar refractivity (Wildman–Crippen MR) is 102 cm³/mol. The number of benzene rings is 2. The molecule has 1 aliphatic carbocycles. The number of carbonyl (C=O) groups excluding carboxylic acids is 1. The van der Waals surface area contributed by atoms with Gasteiger partial charge in [-0.2, -0.15) is 0 Å². The smallest absolute Gasteiger partial charge is 0.259 e. The van der Waals surface area contributed by atoms with Crippen molar-refractivity contribution in [3.63, 3.8) is 0 Å². The van der Waals surface area contributed by atoms with Crippen molar-refractivity contribution in [2.45, 2.75) is 29.9 Å². The van der Waals surface area contributed by atoms with Crippen LogP contribution in [0.4, 0.5) is 10.1 Å². The van der Waals surface area contributed by atoms with Gasteiger partial charge < -0.3 is 15.2 Å². The molecule has 0 spiro atoms. The van der Waals surface area contributed by atoms with Crippen LogP contribution in [0.5, 0.6) is 5.75 Å². The van der Waals surface area contributed by atoms with Crippen molar-refractivity contribution >= 4 is 33.2 Å². The summed E-state index contributed by atoms with van der Waals surface area (Å²) in [5, 5.41) is 11.8. The fourth-order valence-corrected chi connectivity index (χ4v) is 4.29. The van der Waals surface area contributed by atoms with E-state index < -0.39 is 27.9 Å². The number of nitrogens with one attached hydrogen (secondary N) is 2. The number of aliphatic hydroxyl groups excluding tert-OH is 1. The van der Waals surface area contributed by atoms with E-state index in [1.165, 1.54) is 31.4 Å². The van der Waals surface area contributed by atoms with Crippen LogP contribution >= 0.6 is 11.6 Å². The number of ether oxygens (including phenoxy) is 1. The summed E-state index contributed by atoms with van der Waals surface area (Å²) in [7, 11) is -2.54. The van der Waals surface area contributed by atoms with Gasteiger partial charge in [0.1, 0.15) is 11.6 Å². The molecule has 7 nitrogen and oxygen atoms in total. The van der Waals surface area contributed by atoms with Crippen molar-refractivity contribution in [2.75, 3.05) is 12.4 Å². The van der Waals surface area contributed by atoms with Crippen LogP contribution in [0, 0.1) is 5.82 Å². The minimum atomic E-state index is -3.88. The molecule has 10 heteroatoms. The first kappa shape index (κ1) is 20.5. The van der Waals surface area contributed by atoms with Crippen molar-refractivity contribution in [3.05, 3.63) is 52.8 Å². The van der Waals surface area contributed by atoms with Gasteiger partial charge in [-0.15, -0.1) is 0 Å². The molecular weight excluding hydrogens is 411 g/mol. The van der Waals surface area contributed by atoms with Gasteiger partial charge in [0.05, 0.1) is 34.4 Å². The number of hydrogen-bond acceptors (Lipinski definition) is 5. The summed E-state index contributed by atoms with van der Waals surface area (Å²) in [6.07, 6.45) is 0.169. The molecule has 1 saturated carbocycles. The van der Waals surface area contributed by atoms with Gasteiger partial charge in [0.15, 0.2) is 0 Å². The van der Waals surface area contributed by atoms with Crippen LogP contribution in [-0.2, 0) is 10.0 Å². The number of anilines is 1. The fourth-order valence-electron chi connectivity index (χ4n) is 2.78. The van der Waals surface area contributed by atoms with Gasteiger partial charge in [-0.25, -0.2) is 17.5 Å². The molecule has 1 aliphatic rings. The first-order valence-electron chi connectivity index (χ1n) is 8.34. The number of aliphatic hydroxyl groups is 1. The topological polar surface area (TPSA) is 105 Å². The third kappa shape index (κ3) is 4.44. The highest BCUT2D eigenvalue weighted by Gasteiger charge is 2.31. The van der Waals surface area contributed by atoms with E-state index in [4.69, 9.17) is 16.3 Å². The fraction of sp³-hybridized carbons (Fsp3) is 0.278. The molecule has 0 saturated heterocycles. The maximum absolute atomic E-state index is 13.2. The zero-order valence-electron chi connectivity index (χ0n) is 14.8. The summed E-state index contributed by atoms with van der Waals surface area (Å²) in [6, 6.07) is 7.00. The summed E-state index contributed by atoms with van der Waals surface area (Å²) in [5.74, 6) is -1.06. The maximum Gasteiger partial charge on any atom is 0.259 e. The second-order valence-corrected chi connectivity index (χ2v) is 8.51. The standard InChI is InChI=1S/C18H18ClFN2O5S/c1-27-17-5-3-13(28(25,26)22-11-7-12(23)8-11)9-14(17)18(24)21-16-4-2-10(20)6-15(16)19/h2-6,9,11-12,22-23H,7-8H2,1H3,(H,21,24)/t11-,12-. The van der Waals surface area contributed by atoms with E-state index in [9.17, 15) is 22.7 Å². The molecule has 3 rings (SSSR count). The second-order valence-electron chi connectivity index (χ2n) is 6.38. The van der Waals surface area contributed by atoms with Crippen molar-refractivity contribution < 1.29 is 27.4 Å². The van der Waals surface area contributed by atoms with Crippen molar-refractivity contribution in [1.29, 1.82) is 0 Å². The van der Waals surface area contributed by atoms with Gasteiger partial charge in [0.2, 0.25) is 10.0 Å². The molecule has 2 aromatic rings. The average molecular weight is 429 g/mol. The Morgan fingerprint density at radius 3 is 2.57 bits per heavy atom. The monoisotopic (exact) mass is 428 g/mol. The number of amides is 1. The maximum atomic E-state index is 13.2. The zero-order chi connectivity index (χ0) is 20.5. The van der Waals surface area contributed by atoms with Crippen LogP contribution in [0.2, 0.25) is 5.02 Å². The zero-order valence-corrected chi connectivity index (χ0v) is 16.3. The van der Waals surface area contributed by atoms with Crippen LogP contribution in [0.3, 0.4) is 0 Å².